The van der Waals surface area contributed by atoms with E-state index in [1.54, 1.807) is 24.3 Å². The Bertz CT molecular complexity index is 1180. The molecule has 12 heteroatoms. The quantitative estimate of drug-likeness (QED) is 0.422. The highest BCUT2D eigenvalue weighted by Crippen LogP contribution is 2.33. The minimum Gasteiger partial charge on any atom is -0.382 e. The number of hydrogen-bond acceptors (Lipinski definition) is 10. The first-order valence-corrected chi connectivity index (χ1v) is 13.5. The summed E-state index contributed by atoms with van der Waals surface area (Å²) in [6.45, 7) is 3.56. The van der Waals surface area contributed by atoms with Crippen LogP contribution in [0.4, 0.5) is 0 Å². The van der Waals surface area contributed by atoms with E-state index < -0.39 is 50.9 Å². The summed E-state index contributed by atoms with van der Waals surface area (Å²) in [5.74, 6) is 0. The fourth-order valence-corrected chi connectivity index (χ4v) is 5.85. The average molecular weight is 531 g/mol. The van der Waals surface area contributed by atoms with Crippen LogP contribution >= 0.6 is 0 Å². The second kappa shape index (κ2) is 11.4. The molecule has 0 amide bonds. The van der Waals surface area contributed by atoms with Gasteiger partial charge in [-0.05, 0) is 38.1 Å². The van der Waals surface area contributed by atoms with Crippen LogP contribution in [0.2, 0.25) is 0 Å². The normalized spacial score (nSPS) is 25.5. The zero-order valence-corrected chi connectivity index (χ0v) is 21.7. The van der Waals surface area contributed by atoms with Crippen LogP contribution in [0, 0.1) is 13.8 Å². The third kappa shape index (κ3) is 6.46. The molecule has 2 aromatic rings. The molecule has 0 N–H and O–H groups in total. The van der Waals surface area contributed by atoms with Crippen molar-refractivity contribution in [3.63, 3.8) is 0 Å². The number of aryl methyl sites for hydroxylation is 2. The van der Waals surface area contributed by atoms with Crippen LogP contribution in [0.5, 0.6) is 0 Å². The molecule has 0 unspecified atom stereocenters. The van der Waals surface area contributed by atoms with Crippen molar-refractivity contribution in [1.29, 1.82) is 0 Å². The van der Waals surface area contributed by atoms with Gasteiger partial charge in [-0.1, -0.05) is 35.4 Å². The summed E-state index contributed by atoms with van der Waals surface area (Å²) in [5, 5.41) is 0. The molecule has 0 saturated carbocycles. The van der Waals surface area contributed by atoms with E-state index in [0.29, 0.717) is 0 Å². The number of benzene rings is 2. The highest BCUT2D eigenvalue weighted by molar-refractivity contribution is 7.87. The lowest BCUT2D eigenvalue weighted by atomic mass is 9.99. The summed E-state index contributed by atoms with van der Waals surface area (Å²) >= 11 is 0. The zero-order valence-electron chi connectivity index (χ0n) is 20.1. The van der Waals surface area contributed by atoms with Gasteiger partial charge < -0.3 is 18.9 Å². The Morgan fingerprint density at radius 2 is 1.14 bits per heavy atom. The van der Waals surface area contributed by atoms with Crippen LogP contribution in [0.1, 0.15) is 11.1 Å². The molecule has 0 aliphatic carbocycles. The molecule has 1 fully saturated rings. The van der Waals surface area contributed by atoms with Crippen molar-refractivity contribution in [3.8, 4) is 0 Å². The molecule has 0 aromatic heterocycles. The number of ether oxygens (including phenoxy) is 4. The highest BCUT2D eigenvalue weighted by atomic mass is 32.2. The SMILES string of the molecule is COC[C@H]1O[C@@H](OC)[C@H](OS(=O)(=O)c2ccc(C)cc2)[C@@H](OC)[C@@H]1OS(=O)(=O)c1ccc(C)cc1. The summed E-state index contributed by atoms with van der Waals surface area (Å²) < 4.78 is 85.0. The zero-order chi connectivity index (χ0) is 25.8. The molecule has 1 aliphatic rings. The summed E-state index contributed by atoms with van der Waals surface area (Å²) in [6.07, 6.45) is -6.10. The van der Waals surface area contributed by atoms with Crippen molar-refractivity contribution in [2.75, 3.05) is 27.9 Å². The monoisotopic (exact) mass is 530 g/mol. The minimum atomic E-state index is -4.29. The lowest BCUT2D eigenvalue weighted by Crippen LogP contribution is -2.62. The van der Waals surface area contributed by atoms with Crippen LogP contribution < -0.4 is 0 Å². The van der Waals surface area contributed by atoms with Crippen molar-refractivity contribution in [3.05, 3.63) is 59.7 Å². The molecule has 35 heavy (non-hydrogen) atoms. The molecule has 10 nitrogen and oxygen atoms in total. The Hall–Kier alpha value is -1.90. The lowest BCUT2D eigenvalue weighted by Gasteiger charge is -2.43. The molecular formula is C23H30O10S2. The van der Waals surface area contributed by atoms with Gasteiger partial charge in [0.1, 0.15) is 18.3 Å². The molecule has 5 atom stereocenters. The van der Waals surface area contributed by atoms with Crippen molar-refractivity contribution in [2.45, 2.75) is 54.3 Å². The average Bonchev–Trinajstić information content (AvgIpc) is 2.81. The Balaban J connectivity index is 1.96. The van der Waals surface area contributed by atoms with E-state index >= 15 is 0 Å². The molecule has 194 valence electrons. The maximum Gasteiger partial charge on any atom is 0.297 e. The van der Waals surface area contributed by atoms with Gasteiger partial charge in [0.2, 0.25) is 0 Å². The molecule has 1 aliphatic heterocycles. The van der Waals surface area contributed by atoms with Crippen LogP contribution in [0.3, 0.4) is 0 Å². The smallest absolute Gasteiger partial charge is 0.297 e. The van der Waals surface area contributed by atoms with Crippen LogP contribution in [-0.2, 0) is 47.5 Å². The van der Waals surface area contributed by atoms with Crippen molar-refractivity contribution < 1.29 is 44.1 Å². The molecule has 1 saturated heterocycles. The number of rotatable bonds is 10. The van der Waals surface area contributed by atoms with Crippen LogP contribution in [0.15, 0.2) is 58.3 Å². The Morgan fingerprint density at radius 3 is 1.54 bits per heavy atom. The largest absolute Gasteiger partial charge is 0.382 e. The molecule has 2 aromatic carbocycles. The first-order valence-electron chi connectivity index (χ1n) is 10.7. The van der Waals surface area contributed by atoms with Crippen LogP contribution in [0.25, 0.3) is 0 Å². The Kier molecular flexibility index (Phi) is 9.05. The topological polar surface area (TPSA) is 124 Å². The van der Waals surface area contributed by atoms with Gasteiger partial charge in [-0.2, -0.15) is 16.8 Å². The fourth-order valence-electron chi connectivity index (χ4n) is 3.67. The summed E-state index contributed by atoms with van der Waals surface area (Å²) in [5.41, 5.74) is 1.74. The van der Waals surface area contributed by atoms with Crippen molar-refractivity contribution >= 4 is 20.2 Å². The maximum atomic E-state index is 13.1. The highest BCUT2D eigenvalue weighted by Gasteiger charge is 2.51. The van der Waals surface area contributed by atoms with Gasteiger partial charge in [0.25, 0.3) is 20.2 Å². The predicted octanol–water partition coefficient (Wildman–Crippen LogP) is 2.18. The number of methoxy groups -OCH3 is 3. The van der Waals surface area contributed by atoms with Gasteiger partial charge >= 0.3 is 0 Å². The van der Waals surface area contributed by atoms with Crippen LogP contribution in [-0.4, -0.2) is 75.5 Å². The standard InChI is InChI=1S/C23H30O10S2/c1-15-6-10-17(11-7-15)34(24,25)32-20-19(14-28-3)31-23(30-5)22(21(20)29-4)33-35(26,27)18-12-8-16(2)9-13-18/h6-13,19-23H,14H2,1-5H3/t19-,20-,21+,22-,23-/m1/s1. The van der Waals surface area contributed by atoms with E-state index in [4.69, 9.17) is 27.3 Å². The maximum absolute atomic E-state index is 13.1. The molecule has 0 radical (unpaired) electrons. The summed E-state index contributed by atoms with van der Waals surface area (Å²) in [7, 11) is -4.57. The predicted molar refractivity (Wildman–Crippen MR) is 125 cm³/mol. The fraction of sp³-hybridized carbons (Fsp3) is 0.478. The lowest BCUT2D eigenvalue weighted by molar-refractivity contribution is -0.288. The molecular weight excluding hydrogens is 500 g/mol. The third-order valence-corrected chi connectivity index (χ3v) is 8.17. The Labute approximate surface area is 206 Å². The van der Waals surface area contributed by atoms with E-state index in [9.17, 15) is 16.8 Å². The van der Waals surface area contributed by atoms with Crippen molar-refractivity contribution in [2.24, 2.45) is 0 Å². The molecule has 3 rings (SSSR count). The van der Waals surface area contributed by atoms with Gasteiger partial charge in [-0.25, -0.2) is 0 Å². The van der Waals surface area contributed by atoms with Crippen molar-refractivity contribution in [1.82, 2.24) is 0 Å². The summed E-state index contributed by atoms with van der Waals surface area (Å²) in [4.78, 5) is -0.163. The van der Waals surface area contributed by atoms with E-state index in [1.807, 2.05) is 13.8 Å². The molecule has 1 heterocycles. The second-order valence-electron chi connectivity index (χ2n) is 8.09. The van der Waals surface area contributed by atoms with E-state index in [2.05, 4.69) is 0 Å². The first kappa shape index (κ1) is 27.7. The van der Waals surface area contributed by atoms with E-state index in [1.165, 1.54) is 45.6 Å². The van der Waals surface area contributed by atoms with E-state index in [-0.39, 0.29) is 16.4 Å². The minimum absolute atomic E-state index is 0.0762. The van der Waals surface area contributed by atoms with Gasteiger partial charge in [0.15, 0.2) is 12.4 Å². The first-order chi connectivity index (χ1) is 16.5. The number of hydrogen-bond donors (Lipinski definition) is 0. The van der Waals surface area contributed by atoms with Gasteiger partial charge in [0.05, 0.1) is 16.4 Å². The van der Waals surface area contributed by atoms with Gasteiger partial charge in [-0.3, -0.25) is 8.37 Å². The van der Waals surface area contributed by atoms with E-state index in [0.717, 1.165) is 11.1 Å². The summed E-state index contributed by atoms with van der Waals surface area (Å²) in [6, 6.07) is 12.2. The van der Waals surface area contributed by atoms with Gasteiger partial charge in [-0.15, -0.1) is 0 Å². The third-order valence-electron chi connectivity index (χ3n) is 5.52. The molecule has 0 bridgehead atoms. The Morgan fingerprint density at radius 1 is 0.686 bits per heavy atom. The molecule has 0 spiro atoms. The van der Waals surface area contributed by atoms with Gasteiger partial charge in [0, 0.05) is 21.3 Å². The second-order valence-corrected chi connectivity index (χ2v) is 11.2.